The van der Waals surface area contributed by atoms with Crippen LogP contribution in [0.15, 0.2) is 18.2 Å². The smallest absolute Gasteiger partial charge is 0.347 e. The van der Waals surface area contributed by atoms with E-state index in [1.807, 2.05) is 6.92 Å². The van der Waals surface area contributed by atoms with Gasteiger partial charge in [0.05, 0.1) is 10.7 Å². The first-order chi connectivity index (χ1) is 9.52. The van der Waals surface area contributed by atoms with Crippen molar-refractivity contribution in [1.82, 2.24) is 4.98 Å². The van der Waals surface area contributed by atoms with Crippen LogP contribution in [0.3, 0.4) is 0 Å². The number of carboxylic acid groups (broad SMARTS) is 1. The maximum Gasteiger partial charge on any atom is 0.347 e. The minimum Gasteiger partial charge on any atom is -0.477 e. The molecule has 1 N–H and O–H groups in total. The molecule has 0 bridgehead atoms. The van der Waals surface area contributed by atoms with E-state index in [9.17, 15) is 9.90 Å². The zero-order valence-corrected chi connectivity index (χ0v) is 13.1. The van der Waals surface area contributed by atoms with E-state index in [1.54, 1.807) is 18.2 Å². The first-order valence-corrected chi connectivity index (χ1v) is 7.75. The lowest BCUT2D eigenvalue weighted by atomic mass is 10.1. The van der Waals surface area contributed by atoms with E-state index in [0.29, 0.717) is 33.5 Å². The number of thiazole rings is 1. The number of carboxylic acids is 1. The number of aryl methyl sites for hydroxylation is 1. The quantitative estimate of drug-likeness (QED) is 0.865. The van der Waals surface area contributed by atoms with Crippen LogP contribution in [0.5, 0.6) is 0 Å². The van der Waals surface area contributed by atoms with Crippen LogP contribution in [0.4, 0.5) is 0 Å². The van der Waals surface area contributed by atoms with Gasteiger partial charge in [0.2, 0.25) is 0 Å². The van der Waals surface area contributed by atoms with Crippen molar-refractivity contribution in [3.8, 4) is 0 Å². The molecule has 2 rings (SSSR count). The highest BCUT2D eigenvalue weighted by Gasteiger charge is 2.18. The summed E-state index contributed by atoms with van der Waals surface area (Å²) in [6.45, 7) is 2.00. The normalized spacial score (nSPS) is 10.8. The second kappa shape index (κ2) is 6.57. The molecule has 3 nitrogen and oxygen atoms in total. The number of halogens is 2. The van der Waals surface area contributed by atoms with Gasteiger partial charge in [-0.05, 0) is 24.1 Å². The summed E-state index contributed by atoms with van der Waals surface area (Å²) in [7, 11) is 0. The molecule has 0 fully saturated rings. The van der Waals surface area contributed by atoms with Crippen LogP contribution < -0.4 is 0 Å². The van der Waals surface area contributed by atoms with Crippen molar-refractivity contribution < 1.29 is 9.90 Å². The Labute approximate surface area is 131 Å². The molecule has 0 saturated heterocycles. The number of aromatic nitrogens is 1. The number of carbonyl (C=O) groups is 1. The summed E-state index contributed by atoms with van der Waals surface area (Å²) in [5, 5.41) is 11.1. The monoisotopic (exact) mass is 329 g/mol. The van der Waals surface area contributed by atoms with Crippen molar-refractivity contribution >= 4 is 40.5 Å². The summed E-state index contributed by atoms with van der Waals surface area (Å²) in [4.78, 5) is 15.9. The van der Waals surface area contributed by atoms with Crippen LogP contribution in [-0.4, -0.2) is 16.1 Å². The van der Waals surface area contributed by atoms with Crippen LogP contribution >= 0.6 is 34.5 Å². The van der Waals surface area contributed by atoms with Crippen molar-refractivity contribution in [2.45, 2.75) is 26.2 Å². The van der Waals surface area contributed by atoms with E-state index in [2.05, 4.69) is 4.98 Å². The Morgan fingerprint density at radius 2 is 2.00 bits per heavy atom. The maximum absolute atomic E-state index is 11.2. The maximum atomic E-state index is 11.2. The zero-order chi connectivity index (χ0) is 14.7. The molecule has 0 aliphatic heterocycles. The molecule has 0 aliphatic rings. The Morgan fingerprint density at radius 1 is 1.35 bits per heavy atom. The van der Waals surface area contributed by atoms with Crippen molar-refractivity contribution in [3.05, 3.63) is 49.4 Å². The van der Waals surface area contributed by atoms with Gasteiger partial charge in [-0.25, -0.2) is 9.78 Å². The minimum atomic E-state index is -0.928. The van der Waals surface area contributed by atoms with Crippen molar-refractivity contribution in [2.24, 2.45) is 0 Å². The van der Waals surface area contributed by atoms with Crippen LogP contribution in [0.2, 0.25) is 10.0 Å². The van der Waals surface area contributed by atoms with Gasteiger partial charge in [0, 0.05) is 16.5 Å². The van der Waals surface area contributed by atoms with Gasteiger partial charge in [0.15, 0.2) is 0 Å². The third-order valence-electron chi connectivity index (χ3n) is 2.81. The van der Waals surface area contributed by atoms with E-state index >= 15 is 0 Å². The van der Waals surface area contributed by atoms with Gasteiger partial charge in [0.25, 0.3) is 0 Å². The second-order valence-electron chi connectivity index (χ2n) is 4.32. The molecule has 0 radical (unpaired) electrons. The molecule has 0 atom stereocenters. The van der Waals surface area contributed by atoms with Crippen molar-refractivity contribution in [1.29, 1.82) is 0 Å². The lowest BCUT2D eigenvalue weighted by Crippen LogP contribution is -1.98. The number of nitrogens with zero attached hydrogens (tertiary/aromatic N) is 1. The molecule has 6 heteroatoms. The van der Waals surface area contributed by atoms with Gasteiger partial charge in [-0.1, -0.05) is 42.6 Å². The molecular weight excluding hydrogens is 317 g/mol. The third-order valence-corrected chi connectivity index (χ3v) is 4.61. The summed E-state index contributed by atoms with van der Waals surface area (Å²) >= 11 is 13.4. The first-order valence-electron chi connectivity index (χ1n) is 6.17. The molecule has 2 aromatic rings. The topological polar surface area (TPSA) is 50.2 Å². The van der Waals surface area contributed by atoms with Gasteiger partial charge < -0.3 is 5.11 Å². The van der Waals surface area contributed by atoms with Crippen molar-refractivity contribution in [3.63, 3.8) is 0 Å². The summed E-state index contributed by atoms with van der Waals surface area (Å²) in [6.07, 6.45) is 1.97. The summed E-state index contributed by atoms with van der Waals surface area (Å²) in [5.41, 5.74) is 1.42. The first kappa shape index (κ1) is 15.3. The van der Waals surface area contributed by atoms with E-state index in [-0.39, 0.29) is 0 Å². The summed E-state index contributed by atoms with van der Waals surface area (Å²) in [5.74, 6) is -0.928. The largest absolute Gasteiger partial charge is 0.477 e. The average Bonchev–Trinajstić information content (AvgIpc) is 2.78. The number of hydrogen-bond acceptors (Lipinski definition) is 3. The standard InChI is InChI=1S/C14H13Cl2NO2S/c1-2-4-11-13(14(18)19)20-12(17-11)7-8-9(15)5-3-6-10(8)16/h3,5-6H,2,4,7H2,1H3,(H,18,19). The van der Waals surface area contributed by atoms with Gasteiger partial charge in [-0.3, -0.25) is 0 Å². The molecule has 1 heterocycles. The number of rotatable bonds is 5. The molecule has 0 amide bonds. The summed E-state index contributed by atoms with van der Waals surface area (Å²) < 4.78 is 0. The van der Waals surface area contributed by atoms with Gasteiger partial charge in [-0.2, -0.15) is 0 Å². The van der Waals surface area contributed by atoms with Crippen LogP contribution in [-0.2, 0) is 12.8 Å². The number of benzene rings is 1. The number of hydrogen-bond donors (Lipinski definition) is 1. The molecule has 0 unspecified atom stereocenters. The van der Waals surface area contributed by atoms with Gasteiger partial charge >= 0.3 is 5.97 Å². The lowest BCUT2D eigenvalue weighted by Gasteiger charge is -2.04. The van der Waals surface area contributed by atoms with Crippen molar-refractivity contribution in [2.75, 3.05) is 0 Å². The Hall–Kier alpha value is -1.10. The number of aromatic carboxylic acids is 1. The highest BCUT2D eigenvalue weighted by atomic mass is 35.5. The minimum absolute atomic E-state index is 0.310. The molecule has 1 aromatic carbocycles. The Kier molecular flexibility index (Phi) is 5.02. The lowest BCUT2D eigenvalue weighted by molar-refractivity contribution is 0.0700. The highest BCUT2D eigenvalue weighted by molar-refractivity contribution is 7.13. The molecular formula is C14H13Cl2NO2S. The van der Waals surface area contributed by atoms with Gasteiger partial charge in [-0.15, -0.1) is 11.3 Å². The molecule has 0 spiro atoms. The van der Waals surface area contributed by atoms with Crippen LogP contribution in [0.1, 0.15) is 39.3 Å². The fourth-order valence-corrected chi connectivity index (χ4v) is 3.39. The molecule has 1 aromatic heterocycles. The van der Waals surface area contributed by atoms with E-state index < -0.39 is 5.97 Å². The molecule has 106 valence electrons. The zero-order valence-electron chi connectivity index (χ0n) is 10.8. The second-order valence-corrected chi connectivity index (χ2v) is 6.21. The molecule has 0 saturated carbocycles. The predicted molar refractivity (Wildman–Crippen MR) is 82.3 cm³/mol. The fraction of sp³-hybridized carbons (Fsp3) is 0.286. The Bertz CT molecular complexity index is 620. The Morgan fingerprint density at radius 3 is 2.55 bits per heavy atom. The molecule has 0 aliphatic carbocycles. The van der Waals surface area contributed by atoms with Crippen LogP contribution in [0.25, 0.3) is 0 Å². The van der Waals surface area contributed by atoms with Crippen LogP contribution in [0, 0.1) is 0 Å². The SMILES string of the molecule is CCCc1nc(Cc2c(Cl)cccc2Cl)sc1C(=O)O. The Balaban J connectivity index is 2.34. The predicted octanol–water partition coefficient (Wildman–Crippen LogP) is 4.69. The van der Waals surface area contributed by atoms with E-state index in [4.69, 9.17) is 23.2 Å². The van der Waals surface area contributed by atoms with E-state index in [0.717, 1.165) is 17.0 Å². The third kappa shape index (κ3) is 3.32. The fourth-order valence-electron chi connectivity index (χ4n) is 1.90. The molecule has 20 heavy (non-hydrogen) atoms. The summed E-state index contributed by atoms with van der Waals surface area (Å²) in [6, 6.07) is 5.31. The van der Waals surface area contributed by atoms with E-state index in [1.165, 1.54) is 11.3 Å². The average molecular weight is 330 g/mol. The highest BCUT2D eigenvalue weighted by Crippen LogP contribution is 2.29. The van der Waals surface area contributed by atoms with Gasteiger partial charge in [0.1, 0.15) is 4.88 Å².